The Balaban J connectivity index is 1.16. The van der Waals surface area contributed by atoms with Crippen LogP contribution in [-0.4, -0.2) is 76.4 Å². The van der Waals surface area contributed by atoms with E-state index in [1.807, 2.05) is 24.3 Å². The molecule has 2 N–H and O–H groups in total. The van der Waals surface area contributed by atoms with E-state index >= 15 is 0 Å². The highest BCUT2D eigenvalue weighted by molar-refractivity contribution is 7.99. The number of carbonyl (C=O) groups excluding carboxylic acids is 3. The fraction of sp³-hybridized carbons (Fsp3) is 0.243. The molecule has 0 radical (unpaired) electrons. The van der Waals surface area contributed by atoms with Gasteiger partial charge in [0.05, 0.1) is 23.1 Å². The zero-order chi connectivity index (χ0) is 34.5. The summed E-state index contributed by atoms with van der Waals surface area (Å²) in [7, 11) is 0. The van der Waals surface area contributed by atoms with Crippen molar-refractivity contribution >= 4 is 40.4 Å². The Kier molecular flexibility index (Phi) is 10.4. The van der Waals surface area contributed by atoms with Gasteiger partial charge in [0.2, 0.25) is 5.91 Å². The molecule has 1 aliphatic rings. The minimum absolute atomic E-state index is 0.211. The van der Waals surface area contributed by atoms with E-state index < -0.39 is 17.9 Å². The van der Waals surface area contributed by atoms with Crippen LogP contribution in [-0.2, 0) is 9.53 Å². The molecule has 0 spiro atoms. The second kappa shape index (κ2) is 15.0. The lowest BCUT2D eigenvalue weighted by atomic mass is 9.96. The molecule has 1 aliphatic heterocycles. The van der Waals surface area contributed by atoms with Crippen molar-refractivity contribution in [3.05, 3.63) is 125 Å². The number of aromatic amines is 1. The lowest BCUT2D eigenvalue weighted by Gasteiger charge is -2.40. The highest BCUT2D eigenvalue weighted by Crippen LogP contribution is 2.37. The third-order valence-corrected chi connectivity index (χ3v) is 9.58. The first kappa shape index (κ1) is 33.8. The van der Waals surface area contributed by atoms with E-state index in [4.69, 9.17) is 4.74 Å². The van der Waals surface area contributed by atoms with E-state index in [2.05, 4.69) is 20.2 Å². The van der Waals surface area contributed by atoms with Crippen LogP contribution in [0.25, 0.3) is 10.9 Å². The van der Waals surface area contributed by atoms with E-state index in [1.54, 1.807) is 61.3 Å². The molecule has 252 valence electrons. The van der Waals surface area contributed by atoms with Crippen molar-refractivity contribution in [2.24, 2.45) is 0 Å². The Morgan fingerprint density at radius 3 is 2.16 bits per heavy atom. The molecule has 3 heterocycles. The van der Waals surface area contributed by atoms with Crippen LogP contribution in [0.3, 0.4) is 0 Å². The average Bonchev–Trinajstić information content (AvgIpc) is 3.48. The number of halogens is 2. The smallest absolute Gasteiger partial charge is 0.340 e. The minimum Gasteiger partial charge on any atom is -0.462 e. The Hall–Kier alpha value is -5.07. The standard InChI is InChI=1S/C37H35F2N5O4S/c1-3-48-37(47)29-8-6-18-40-35(29)49-33-28-7-4-5-9-30(28)42-31(33)34(45)41-23(2)36(46)44-21-19-43(20-22-44)32(24-10-14-26(38)15-11-24)25-12-16-27(39)17-13-25/h4-18,23,32,42H,3,19-22H2,1-2H3,(H,41,45)/t23-/m1/s1. The van der Waals surface area contributed by atoms with Gasteiger partial charge in [0.15, 0.2) is 0 Å². The number of amides is 2. The third-order valence-electron chi connectivity index (χ3n) is 8.43. The Morgan fingerprint density at radius 2 is 1.53 bits per heavy atom. The molecule has 5 aromatic rings. The number of pyridine rings is 1. The van der Waals surface area contributed by atoms with Gasteiger partial charge < -0.3 is 19.9 Å². The van der Waals surface area contributed by atoms with Gasteiger partial charge in [0, 0.05) is 43.3 Å². The topological polar surface area (TPSA) is 108 Å². The normalized spacial score (nSPS) is 14.2. The fourth-order valence-electron chi connectivity index (χ4n) is 6.02. The number of H-pyrrole nitrogens is 1. The van der Waals surface area contributed by atoms with Crippen molar-refractivity contribution in [1.29, 1.82) is 0 Å². The second-order valence-electron chi connectivity index (χ2n) is 11.6. The average molecular weight is 684 g/mol. The number of nitrogens with one attached hydrogen (secondary N) is 2. The van der Waals surface area contributed by atoms with Gasteiger partial charge in [-0.2, -0.15) is 0 Å². The lowest BCUT2D eigenvalue weighted by molar-refractivity contribution is -0.134. The van der Waals surface area contributed by atoms with Gasteiger partial charge in [-0.1, -0.05) is 54.2 Å². The predicted molar refractivity (Wildman–Crippen MR) is 182 cm³/mol. The number of para-hydroxylation sites is 1. The van der Waals surface area contributed by atoms with Gasteiger partial charge in [-0.25, -0.2) is 18.6 Å². The maximum absolute atomic E-state index is 13.7. The summed E-state index contributed by atoms with van der Waals surface area (Å²) < 4.78 is 32.7. The zero-order valence-corrected chi connectivity index (χ0v) is 27.8. The zero-order valence-electron chi connectivity index (χ0n) is 27.0. The predicted octanol–water partition coefficient (Wildman–Crippen LogP) is 6.22. The van der Waals surface area contributed by atoms with Crippen molar-refractivity contribution in [2.75, 3.05) is 32.8 Å². The molecule has 0 unspecified atom stereocenters. The molecule has 12 heteroatoms. The van der Waals surface area contributed by atoms with Crippen LogP contribution >= 0.6 is 11.8 Å². The molecule has 0 aliphatic carbocycles. The highest BCUT2D eigenvalue weighted by Gasteiger charge is 2.31. The Labute approximate surface area is 286 Å². The van der Waals surface area contributed by atoms with Crippen molar-refractivity contribution in [3.8, 4) is 0 Å². The first-order valence-electron chi connectivity index (χ1n) is 16.0. The number of aromatic nitrogens is 2. The van der Waals surface area contributed by atoms with Crippen LogP contribution in [0.1, 0.15) is 51.9 Å². The molecule has 1 saturated heterocycles. The largest absolute Gasteiger partial charge is 0.462 e. The van der Waals surface area contributed by atoms with Crippen molar-refractivity contribution in [2.45, 2.75) is 35.9 Å². The van der Waals surface area contributed by atoms with Crippen LogP contribution in [0, 0.1) is 11.6 Å². The van der Waals surface area contributed by atoms with Crippen LogP contribution in [0.2, 0.25) is 0 Å². The number of carbonyl (C=O) groups is 3. The van der Waals surface area contributed by atoms with Crippen LogP contribution in [0.15, 0.2) is 101 Å². The summed E-state index contributed by atoms with van der Waals surface area (Å²) in [5.41, 5.74) is 2.98. The summed E-state index contributed by atoms with van der Waals surface area (Å²) >= 11 is 1.18. The van der Waals surface area contributed by atoms with Crippen LogP contribution in [0.4, 0.5) is 8.78 Å². The summed E-state index contributed by atoms with van der Waals surface area (Å²) in [5, 5.41) is 4.02. The molecule has 6 rings (SSSR count). The summed E-state index contributed by atoms with van der Waals surface area (Å²) in [6.45, 7) is 5.43. The molecule has 1 fully saturated rings. The van der Waals surface area contributed by atoms with Crippen molar-refractivity contribution in [1.82, 2.24) is 25.1 Å². The molecular weight excluding hydrogens is 649 g/mol. The lowest BCUT2D eigenvalue weighted by Crippen LogP contribution is -2.54. The molecular formula is C37H35F2N5O4S. The van der Waals surface area contributed by atoms with Gasteiger partial charge in [-0.15, -0.1) is 0 Å². The number of rotatable bonds is 10. The molecule has 2 aromatic heterocycles. The van der Waals surface area contributed by atoms with E-state index in [9.17, 15) is 23.2 Å². The van der Waals surface area contributed by atoms with Gasteiger partial charge >= 0.3 is 5.97 Å². The summed E-state index contributed by atoms with van der Waals surface area (Å²) in [6, 6.07) is 22.1. The number of piperazine rings is 1. The molecule has 9 nitrogen and oxygen atoms in total. The van der Waals surface area contributed by atoms with Crippen molar-refractivity contribution < 1.29 is 27.9 Å². The van der Waals surface area contributed by atoms with Gasteiger partial charge in [0.25, 0.3) is 5.91 Å². The second-order valence-corrected chi connectivity index (χ2v) is 12.6. The number of ether oxygens (including phenoxy) is 1. The molecule has 0 bridgehead atoms. The van der Waals surface area contributed by atoms with Gasteiger partial charge in [-0.3, -0.25) is 14.5 Å². The number of benzene rings is 3. The number of fused-ring (bicyclic) bond motifs is 1. The summed E-state index contributed by atoms with van der Waals surface area (Å²) in [5.74, 6) is -1.90. The number of esters is 1. The molecule has 1 atom stereocenters. The molecule has 2 amide bonds. The maximum atomic E-state index is 13.7. The Bertz CT molecular complexity index is 1910. The summed E-state index contributed by atoms with van der Waals surface area (Å²) in [4.78, 5) is 52.1. The quantitative estimate of drug-likeness (QED) is 0.168. The van der Waals surface area contributed by atoms with E-state index in [0.29, 0.717) is 36.1 Å². The number of hydrogen-bond donors (Lipinski definition) is 2. The molecule has 3 aromatic carbocycles. The summed E-state index contributed by atoms with van der Waals surface area (Å²) in [6.07, 6.45) is 1.57. The number of nitrogens with zero attached hydrogens (tertiary/aromatic N) is 3. The first-order valence-corrected chi connectivity index (χ1v) is 16.8. The maximum Gasteiger partial charge on any atom is 0.340 e. The van der Waals surface area contributed by atoms with Crippen molar-refractivity contribution in [3.63, 3.8) is 0 Å². The van der Waals surface area contributed by atoms with E-state index in [-0.39, 0.29) is 41.4 Å². The van der Waals surface area contributed by atoms with Crippen LogP contribution < -0.4 is 5.32 Å². The third kappa shape index (κ3) is 7.50. The molecule has 49 heavy (non-hydrogen) atoms. The minimum atomic E-state index is -0.835. The number of hydrogen-bond acceptors (Lipinski definition) is 7. The monoisotopic (exact) mass is 683 g/mol. The fourth-order valence-corrected chi connectivity index (χ4v) is 7.13. The van der Waals surface area contributed by atoms with E-state index in [0.717, 1.165) is 22.0 Å². The van der Waals surface area contributed by atoms with Gasteiger partial charge in [-0.05, 0) is 67.4 Å². The van der Waals surface area contributed by atoms with Gasteiger partial charge in [0.1, 0.15) is 28.4 Å². The first-order chi connectivity index (χ1) is 23.7. The van der Waals surface area contributed by atoms with Crippen LogP contribution in [0.5, 0.6) is 0 Å². The Morgan fingerprint density at radius 1 is 0.898 bits per heavy atom. The van der Waals surface area contributed by atoms with E-state index in [1.165, 1.54) is 36.0 Å². The highest BCUT2D eigenvalue weighted by atomic mass is 32.2. The molecule has 0 saturated carbocycles. The SMILES string of the molecule is CCOC(=O)c1cccnc1Sc1c(C(=O)N[C@H](C)C(=O)N2CCN(C(c3ccc(F)cc3)c3ccc(F)cc3)CC2)[nH]c2ccccc12.